The maximum atomic E-state index is 8.12. The second-order valence-electron chi connectivity index (χ2n) is 17.8. The van der Waals surface area contributed by atoms with Crippen molar-refractivity contribution >= 4 is 35.5 Å². The average molecular weight is 641 g/mol. The minimum absolute atomic E-state index is 0.00972. The van der Waals surface area contributed by atoms with Crippen LogP contribution in [0, 0.1) is 0 Å². The van der Waals surface area contributed by atoms with Gasteiger partial charge < -0.3 is 0 Å². The van der Waals surface area contributed by atoms with Crippen LogP contribution in [0.1, 0.15) is 158 Å². The molecule has 0 unspecified atom stereocenters. The number of hydrogen-bond acceptors (Lipinski definition) is 0. The molecule has 0 aromatic heterocycles. The van der Waals surface area contributed by atoms with Crippen molar-refractivity contribution in [2.45, 2.75) is 157 Å². The van der Waals surface area contributed by atoms with E-state index in [1.807, 2.05) is 0 Å². The summed E-state index contributed by atoms with van der Waals surface area (Å²) < 4.78 is 3.03. The van der Waals surface area contributed by atoms with Crippen LogP contribution in [0.2, 0.25) is 0 Å². The quantitative estimate of drug-likeness (QED) is 0.307. The van der Waals surface area contributed by atoms with E-state index in [-0.39, 0.29) is 32.5 Å². The van der Waals surface area contributed by atoms with E-state index in [9.17, 15) is 0 Å². The Balaban J connectivity index is 3.22. The van der Waals surface area contributed by atoms with Crippen molar-refractivity contribution in [1.82, 2.24) is 0 Å². The molecule has 0 heterocycles. The summed E-state index contributed by atoms with van der Waals surface area (Å²) in [5.74, 6) is 0. The molecule has 0 aliphatic carbocycles. The van der Waals surface area contributed by atoms with Crippen LogP contribution in [0.15, 0.2) is 24.3 Å². The number of hydrogen-bond donors (Lipinski definition) is 0. The maximum absolute atomic E-state index is 8.12. The van der Waals surface area contributed by atoms with Crippen molar-refractivity contribution < 1.29 is 0 Å². The summed E-state index contributed by atoms with van der Waals surface area (Å²) in [5, 5.41) is 0. The van der Waals surface area contributed by atoms with Crippen LogP contribution >= 0.6 is 8.58 Å². The van der Waals surface area contributed by atoms with Crippen LogP contribution < -0.4 is 6.64 Å². The normalized spacial score (nSPS) is 14.2. The van der Waals surface area contributed by atoms with Crippen LogP contribution in [-0.2, 0) is 32.5 Å². The summed E-state index contributed by atoms with van der Waals surface area (Å²) in [4.78, 5) is 0. The Hall–Kier alpha value is -0.400. The summed E-state index contributed by atoms with van der Waals surface area (Å²) in [6.07, 6.45) is 0. The first kappa shape index (κ1) is 33.8. The van der Waals surface area contributed by atoms with Gasteiger partial charge in [0.15, 0.2) is 0 Å². The fourth-order valence-electron chi connectivity index (χ4n) is 5.35. The van der Waals surface area contributed by atoms with Gasteiger partial charge in [-0.05, 0) is 0 Å². The summed E-state index contributed by atoms with van der Waals surface area (Å²) in [5.41, 5.74) is 8.89. The number of rotatable bonds is 2. The van der Waals surface area contributed by atoms with Gasteiger partial charge in [0.1, 0.15) is 0 Å². The molecule has 0 saturated carbocycles. The number of benzene rings is 2. The predicted molar refractivity (Wildman–Crippen MR) is 176 cm³/mol. The Morgan fingerprint density at radius 2 is 0.553 bits per heavy atom. The van der Waals surface area contributed by atoms with Crippen LogP contribution in [0.5, 0.6) is 0 Å². The van der Waals surface area contributed by atoms with Crippen molar-refractivity contribution in [2.75, 3.05) is 0 Å². The van der Waals surface area contributed by atoms with Crippen LogP contribution in [0.3, 0.4) is 0 Å². The molecule has 0 saturated heterocycles. The molecule has 2 heteroatoms. The van der Waals surface area contributed by atoms with Crippen LogP contribution in [-0.4, -0.2) is 20.3 Å². The second kappa shape index (κ2) is 10.5. The van der Waals surface area contributed by atoms with E-state index >= 15 is 0 Å². The molecule has 2 rings (SSSR count). The summed E-state index contributed by atoms with van der Waals surface area (Å²) in [6, 6.07) is 10.0. The van der Waals surface area contributed by atoms with Crippen molar-refractivity contribution in [3.05, 3.63) is 57.6 Å². The van der Waals surface area contributed by atoms with E-state index < -0.39 is 20.3 Å². The Morgan fingerprint density at radius 3 is 0.684 bits per heavy atom. The molecule has 212 valence electrons. The van der Waals surface area contributed by atoms with Gasteiger partial charge in [0.05, 0.1) is 0 Å². The van der Waals surface area contributed by atoms with Gasteiger partial charge in [-0.1, -0.05) is 0 Å². The molecule has 0 nitrogen and oxygen atoms in total. The van der Waals surface area contributed by atoms with E-state index in [1.165, 1.54) is 40.0 Å². The Bertz CT molecular complexity index is 993. The van der Waals surface area contributed by atoms with Gasteiger partial charge in [0, 0.05) is 0 Å². The molecule has 0 atom stereocenters. The van der Waals surface area contributed by atoms with Crippen LogP contribution in [0.25, 0.3) is 0 Å². The number of halogens is 1. The Morgan fingerprint density at radius 1 is 0.368 bits per heavy atom. The average Bonchev–Trinajstić information content (AvgIpc) is 2.67. The fourth-order valence-corrected chi connectivity index (χ4v) is 18.3. The third kappa shape index (κ3) is 7.46. The zero-order valence-corrected chi connectivity index (χ0v) is 32.3. The molecule has 0 aliphatic rings. The molecule has 2 aromatic rings. The van der Waals surface area contributed by atoms with E-state index in [4.69, 9.17) is 8.58 Å². The molecule has 0 bridgehead atoms. The molecule has 0 spiro atoms. The van der Waals surface area contributed by atoms with Crippen molar-refractivity contribution in [1.29, 1.82) is 0 Å². The van der Waals surface area contributed by atoms with E-state index in [1.54, 1.807) is 0 Å². The predicted octanol–water partition coefficient (Wildman–Crippen LogP) is 9.82. The fraction of sp³-hybridized carbons (Fsp3) is 0.667. The zero-order valence-electron chi connectivity index (χ0n) is 28.3. The van der Waals surface area contributed by atoms with Gasteiger partial charge in [0.2, 0.25) is 0 Å². The summed E-state index contributed by atoms with van der Waals surface area (Å²) >= 11 is -3.13. The molecule has 0 amide bonds. The van der Waals surface area contributed by atoms with Crippen molar-refractivity contribution in [2.24, 2.45) is 0 Å². The van der Waals surface area contributed by atoms with Gasteiger partial charge in [-0.2, -0.15) is 0 Å². The third-order valence-corrected chi connectivity index (χ3v) is 17.2. The van der Waals surface area contributed by atoms with E-state index in [0.717, 1.165) is 0 Å². The SMILES string of the molecule is CC(C)(C)c1cc(C(C)(C)C)[c]([In]([Cl])[c]2c(C(C)(C)C)cc(C(C)(C)C)cc2C(C)(C)C)c(C(C)(C)C)c1. The van der Waals surface area contributed by atoms with Crippen LogP contribution in [0.4, 0.5) is 0 Å². The van der Waals surface area contributed by atoms with E-state index in [2.05, 4.69) is 149 Å². The van der Waals surface area contributed by atoms with Gasteiger partial charge in [0.25, 0.3) is 0 Å². The van der Waals surface area contributed by atoms with Crippen molar-refractivity contribution in [3.63, 3.8) is 0 Å². The monoisotopic (exact) mass is 640 g/mol. The molecular formula is C36H58ClIn. The van der Waals surface area contributed by atoms with Crippen molar-refractivity contribution in [3.8, 4) is 0 Å². The second-order valence-corrected chi connectivity index (χ2v) is 26.1. The Kier molecular flexibility index (Phi) is 9.30. The molecule has 0 aliphatic heterocycles. The topological polar surface area (TPSA) is 0 Å². The Labute approximate surface area is 248 Å². The van der Waals surface area contributed by atoms with E-state index in [0.29, 0.717) is 0 Å². The molecule has 0 fully saturated rings. The first-order valence-electron chi connectivity index (χ1n) is 14.6. The molecule has 2 aromatic carbocycles. The third-order valence-electron chi connectivity index (χ3n) is 7.83. The summed E-state index contributed by atoms with van der Waals surface area (Å²) in [6.45, 7) is 42.5. The standard InChI is InChI=1S/2C18H29.ClH.In/c2*1-16(2,3)13-10-14(17(4,5)6)12-15(11-13)18(7,8)9;;/h2*10-11H,1-9H3;1H;/q;;;+1/p-1. The molecule has 38 heavy (non-hydrogen) atoms. The summed E-state index contributed by atoms with van der Waals surface area (Å²) in [7, 11) is 8.12. The minimum atomic E-state index is -3.13. The van der Waals surface area contributed by atoms with Gasteiger partial charge >= 0.3 is 250 Å². The first-order valence-corrected chi connectivity index (χ1v) is 22.1. The molecule has 0 radical (unpaired) electrons. The van der Waals surface area contributed by atoms with Gasteiger partial charge in [-0.3, -0.25) is 0 Å². The molecule has 0 N–H and O–H groups in total. The zero-order chi connectivity index (χ0) is 30.0. The first-order chi connectivity index (χ1) is 16.6. The molecular weight excluding hydrogens is 583 g/mol. The van der Waals surface area contributed by atoms with Gasteiger partial charge in [-0.15, -0.1) is 0 Å². The van der Waals surface area contributed by atoms with Gasteiger partial charge in [-0.25, -0.2) is 0 Å².